The van der Waals surface area contributed by atoms with E-state index >= 15 is 0 Å². The fourth-order valence-electron chi connectivity index (χ4n) is 1.95. The number of hydrogen-bond donors (Lipinski definition) is 1. The third kappa shape index (κ3) is 4.36. The smallest absolute Gasteiger partial charge is 0.328 e. The molecule has 3 nitrogen and oxygen atoms in total. The van der Waals surface area contributed by atoms with Crippen molar-refractivity contribution in [2.24, 2.45) is 0 Å². The van der Waals surface area contributed by atoms with Gasteiger partial charge in [0.15, 0.2) is 0 Å². The Labute approximate surface area is 128 Å². The van der Waals surface area contributed by atoms with Gasteiger partial charge in [0.25, 0.3) is 0 Å². The molecule has 1 aromatic rings. The molecular formula is C17H15ClO3. The van der Waals surface area contributed by atoms with Crippen LogP contribution in [0.1, 0.15) is 11.1 Å². The Hall–Kier alpha value is -2.26. The molecule has 0 bridgehead atoms. The Balaban J connectivity index is 2.09. The molecule has 0 aliphatic carbocycles. The first-order valence-electron chi connectivity index (χ1n) is 6.44. The molecule has 0 saturated carbocycles. The van der Waals surface area contributed by atoms with Crippen molar-refractivity contribution >= 4 is 23.6 Å². The molecule has 0 radical (unpaired) electrons. The van der Waals surface area contributed by atoms with E-state index in [4.69, 9.17) is 21.4 Å². The molecule has 1 heterocycles. The molecule has 1 aliphatic rings. The van der Waals surface area contributed by atoms with Crippen LogP contribution in [0, 0.1) is 6.92 Å². The van der Waals surface area contributed by atoms with Gasteiger partial charge in [0.2, 0.25) is 0 Å². The highest BCUT2D eigenvalue weighted by Crippen LogP contribution is 2.34. The van der Waals surface area contributed by atoms with E-state index in [0.717, 1.165) is 28.5 Å². The summed E-state index contributed by atoms with van der Waals surface area (Å²) in [5.74, 6) is -0.241. The summed E-state index contributed by atoms with van der Waals surface area (Å²) in [5.41, 5.74) is 3.08. The largest absolute Gasteiger partial charge is 0.487 e. The third-order valence-corrected chi connectivity index (χ3v) is 3.10. The maximum atomic E-state index is 10.3. The van der Waals surface area contributed by atoms with Gasteiger partial charge in [-0.1, -0.05) is 42.0 Å². The standard InChI is InChI=1S/C17H15ClO3/c1-12-8-14-10-13(11-21-17(14)15(18)9-12)6-4-2-3-5-7-16(19)20/h2-10H,11H2,1H3,(H,19,20). The average molecular weight is 303 g/mol. The zero-order valence-corrected chi connectivity index (χ0v) is 12.3. The van der Waals surface area contributed by atoms with E-state index in [1.54, 1.807) is 12.2 Å². The average Bonchev–Trinajstić information content (AvgIpc) is 2.41. The number of carbonyl (C=O) groups is 1. The van der Waals surface area contributed by atoms with Crippen LogP contribution in [-0.2, 0) is 4.79 Å². The quantitative estimate of drug-likeness (QED) is 0.670. The number of aliphatic carboxylic acids is 1. The second-order valence-corrected chi connectivity index (χ2v) is 5.02. The SMILES string of the molecule is Cc1cc(Cl)c2c(c1)C=C(C=CC=CC=CC(=O)O)CO2. The van der Waals surface area contributed by atoms with Gasteiger partial charge in [0, 0.05) is 11.6 Å². The molecule has 4 heteroatoms. The number of rotatable bonds is 4. The fraction of sp³-hybridized carbons (Fsp3) is 0.118. The number of benzene rings is 1. The first-order chi connectivity index (χ1) is 10.1. The van der Waals surface area contributed by atoms with Crippen LogP contribution in [0.3, 0.4) is 0 Å². The predicted molar refractivity (Wildman–Crippen MR) is 84.7 cm³/mol. The van der Waals surface area contributed by atoms with Crippen molar-refractivity contribution in [1.82, 2.24) is 0 Å². The lowest BCUT2D eigenvalue weighted by atomic mass is 10.0. The minimum absolute atomic E-state index is 0.463. The Morgan fingerprint density at radius 2 is 2.05 bits per heavy atom. The molecule has 0 amide bonds. The highest BCUT2D eigenvalue weighted by molar-refractivity contribution is 6.32. The van der Waals surface area contributed by atoms with Crippen LogP contribution in [0.2, 0.25) is 5.02 Å². The van der Waals surface area contributed by atoms with Crippen molar-refractivity contribution in [3.63, 3.8) is 0 Å². The summed E-state index contributed by atoms with van der Waals surface area (Å²) < 4.78 is 5.66. The number of ether oxygens (including phenoxy) is 1. The van der Waals surface area contributed by atoms with Gasteiger partial charge in [-0.05, 0) is 36.3 Å². The molecule has 2 rings (SSSR count). The Bertz CT molecular complexity index is 667. The van der Waals surface area contributed by atoms with Crippen molar-refractivity contribution in [3.05, 3.63) is 70.3 Å². The number of carboxylic acids is 1. The molecule has 0 unspecified atom stereocenters. The molecular weight excluding hydrogens is 288 g/mol. The lowest BCUT2D eigenvalue weighted by Crippen LogP contribution is -2.06. The van der Waals surface area contributed by atoms with Crippen LogP contribution in [0.15, 0.2) is 54.2 Å². The van der Waals surface area contributed by atoms with Gasteiger partial charge in [-0.3, -0.25) is 0 Å². The molecule has 1 N–H and O–H groups in total. The fourth-order valence-corrected chi connectivity index (χ4v) is 2.29. The lowest BCUT2D eigenvalue weighted by molar-refractivity contribution is -0.131. The van der Waals surface area contributed by atoms with Crippen molar-refractivity contribution in [2.75, 3.05) is 6.61 Å². The zero-order valence-electron chi connectivity index (χ0n) is 11.5. The Morgan fingerprint density at radius 1 is 1.29 bits per heavy atom. The summed E-state index contributed by atoms with van der Waals surface area (Å²) in [6.07, 6.45) is 11.8. The molecule has 1 aliphatic heterocycles. The number of hydrogen-bond acceptors (Lipinski definition) is 2. The van der Waals surface area contributed by atoms with Crippen LogP contribution in [0.5, 0.6) is 5.75 Å². The van der Waals surface area contributed by atoms with Gasteiger partial charge >= 0.3 is 5.97 Å². The maximum Gasteiger partial charge on any atom is 0.328 e. The van der Waals surface area contributed by atoms with Gasteiger partial charge in [0.05, 0.1) is 5.02 Å². The first kappa shape index (κ1) is 15.1. The number of fused-ring (bicyclic) bond motifs is 1. The maximum absolute atomic E-state index is 10.3. The summed E-state index contributed by atoms with van der Waals surface area (Å²) in [5, 5.41) is 9.06. The molecule has 0 aromatic heterocycles. The molecule has 0 atom stereocenters. The van der Waals surface area contributed by atoms with Gasteiger partial charge < -0.3 is 9.84 Å². The van der Waals surface area contributed by atoms with E-state index in [1.165, 1.54) is 6.08 Å². The lowest BCUT2D eigenvalue weighted by Gasteiger charge is -2.18. The van der Waals surface area contributed by atoms with Crippen LogP contribution >= 0.6 is 11.6 Å². The molecule has 1 aromatic carbocycles. The van der Waals surface area contributed by atoms with E-state index in [2.05, 4.69) is 0 Å². The van der Waals surface area contributed by atoms with Gasteiger partial charge in [0.1, 0.15) is 12.4 Å². The number of halogens is 1. The summed E-state index contributed by atoms with van der Waals surface area (Å²) in [6, 6.07) is 3.91. The summed E-state index contributed by atoms with van der Waals surface area (Å²) in [6.45, 7) is 2.45. The zero-order chi connectivity index (χ0) is 15.2. The third-order valence-electron chi connectivity index (χ3n) is 2.82. The van der Waals surface area contributed by atoms with Crippen molar-refractivity contribution in [3.8, 4) is 5.75 Å². The topological polar surface area (TPSA) is 46.5 Å². The second kappa shape index (κ2) is 6.95. The van der Waals surface area contributed by atoms with E-state index in [9.17, 15) is 4.79 Å². The monoisotopic (exact) mass is 302 g/mol. The first-order valence-corrected chi connectivity index (χ1v) is 6.82. The van der Waals surface area contributed by atoms with E-state index in [0.29, 0.717) is 11.6 Å². The highest BCUT2D eigenvalue weighted by atomic mass is 35.5. The van der Waals surface area contributed by atoms with E-state index in [-0.39, 0.29) is 0 Å². The summed E-state index contributed by atoms with van der Waals surface area (Å²) in [4.78, 5) is 10.3. The van der Waals surface area contributed by atoms with Crippen molar-refractivity contribution < 1.29 is 14.6 Å². The number of allylic oxidation sites excluding steroid dienone is 4. The minimum atomic E-state index is -0.962. The van der Waals surface area contributed by atoms with Crippen LogP contribution in [0.4, 0.5) is 0 Å². The van der Waals surface area contributed by atoms with E-state index in [1.807, 2.05) is 37.3 Å². The van der Waals surface area contributed by atoms with Gasteiger partial charge in [-0.2, -0.15) is 0 Å². The predicted octanol–water partition coefficient (Wildman–Crippen LogP) is 4.18. The Morgan fingerprint density at radius 3 is 2.81 bits per heavy atom. The van der Waals surface area contributed by atoms with Crippen LogP contribution in [0.25, 0.3) is 6.08 Å². The highest BCUT2D eigenvalue weighted by Gasteiger charge is 2.13. The molecule has 21 heavy (non-hydrogen) atoms. The van der Waals surface area contributed by atoms with Crippen LogP contribution < -0.4 is 4.74 Å². The number of aryl methyl sites for hydroxylation is 1. The molecule has 0 spiro atoms. The van der Waals surface area contributed by atoms with Crippen LogP contribution in [-0.4, -0.2) is 17.7 Å². The molecule has 0 saturated heterocycles. The van der Waals surface area contributed by atoms with Crippen molar-refractivity contribution in [2.45, 2.75) is 6.92 Å². The minimum Gasteiger partial charge on any atom is -0.487 e. The summed E-state index contributed by atoms with van der Waals surface area (Å²) in [7, 11) is 0. The van der Waals surface area contributed by atoms with Crippen molar-refractivity contribution in [1.29, 1.82) is 0 Å². The van der Waals surface area contributed by atoms with Gasteiger partial charge in [-0.25, -0.2) is 4.79 Å². The Kier molecular flexibility index (Phi) is 5.01. The number of carboxylic acid groups (broad SMARTS) is 1. The normalized spacial score (nSPS) is 14.5. The summed E-state index contributed by atoms with van der Waals surface area (Å²) >= 11 is 6.14. The van der Waals surface area contributed by atoms with E-state index < -0.39 is 5.97 Å². The molecule has 0 fully saturated rings. The second-order valence-electron chi connectivity index (χ2n) is 4.61. The molecule has 108 valence electrons. The van der Waals surface area contributed by atoms with Gasteiger partial charge in [-0.15, -0.1) is 0 Å².